The lowest BCUT2D eigenvalue weighted by atomic mass is 9.83. The summed E-state index contributed by atoms with van der Waals surface area (Å²) in [7, 11) is 0. The van der Waals surface area contributed by atoms with E-state index >= 15 is 0 Å². The van der Waals surface area contributed by atoms with Crippen LogP contribution in [-0.2, 0) is 16.6 Å². The lowest BCUT2D eigenvalue weighted by Gasteiger charge is -2.20. The largest absolute Gasteiger partial charge is 0.481 e. The Kier molecular flexibility index (Phi) is 3.93. The summed E-state index contributed by atoms with van der Waals surface area (Å²) in [5.74, 6) is -0.801. The normalized spacial score (nSPS) is 11.3. The van der Waals surface area contributed by atoms with E-state index in [1.165, 1.54) is 11.1 Å². The van der Waals surface area contributed by atoms with Crippen LogP contribution in [-0.4, -0.2) is 11.1 Å². The van der Waals surface area contributed by atoms with E-state index in [1.54, 1.807) is 13.8 Å². The van der Waals surface area contributed by atoms with Gasteiger partial charge in [-0.05, 0) is 43.9 Å². The minimum Gasteiger partial charge on any atom is -0.481 e. The average Bonchev–Trinajstić information content (AvgIpc) is 2.39. The molecule has 0 fully saturated rings. The van der Waals surface area contributed by atoms with Crippen molar-refractivity contribution in [3.63, 3.8) is 0 Å². The molecule has 0 saturated carbocycles. The van der Waals surface area contributed by atoms with Crippen LogP contribution in [0, 0.1) is 6.92 Å². The van der Waals surface area contributed by atoms with Gasteiger partial charge in [0.05, 0.1) is 5.41 Å². The molecule has 0 aliphatic heterocycles. The Morgan fingerprint density at radius 3 is 2.25 bits per heavy atom. The fraction of sp³-hybridized carbons (Fsp3) is 0.278. The highest BCUT2D eigenvalue weighted by atomic mass is 16.4. The molecule has 0 saturated heterocycles. The average molecular weight is 268 g/mol. The lowest BCUT2D eigenvalue weighted by molar-refractivity contribution is -0.142. The molecule has 2 heteroatoms. The summed E-state index contributed by atoms with van der Waals surface area (Å²) >= 11 is 0. The van der Waals surface area contributed by atoms with Gasteiger partial charge in [-0.2, -0.15) is 0 Å². The van der Waals surface area contributed by atoms with Gasteiger partial charge >= 0.3 is 5.97 Å². The van der Waals surface area contributed by atoms with Crippen LogP contribution < -0.4 is 0 Å². The predicted molar refractivity (Wildman–Crippen MR) is 81.1 cm³/mol. The quantitative estimate of drug-likeness (QED) is 0.911. The van der Waals surface area contributed by atoms with Gasteiger partial charge in [0.1, 0.15) is 0 Å². The molecular formula is C18H20O2. The second kappa shape index (κ2) is 5.49. The topological polar surface area (TPSA) is 37.3 Å². The summed E-state index contributed by atoms with van der Waals surface area (Å²) in [5, 5.41) is 9.31. The molecule has 0 aliphatic rings. The van der Waals surface area contributed by atoms with Gasteiger partial charge in [-0.3, -0.25) is 4.79 Å². The predicted octanol–water partition coefficient (Wildman–Crippen LogP) is 3.95. The summed E-state index contributed by atoms with van der Waals surface area (Å²) in [6.07, 6.45) is 0.825. The Hall–Kier alpha value is -2.09. The van der Waals surface area contributed by atoms with Crippen LogP contribution in [0.2, 0.25) is 0 Å². The second-order valence-electron chi connectivity index (χ2n) is 5.80. The number of hydrogen-bond acceptors (Lipinski definition) is 1. The van der Waals surface area contributed by atoms with Crippen LogP contribution in [0.1, 0.15) is 36.1 Å². The molecule has 1 N–H and O–H groups in total. The molecule has 0 atom stereocenters. The van der Waals surface area contributed by atoms with Gasteiger partial charge in [0, 0.05) is 0 Å². The molecule has 0 heterocycles. The lowest BCUT2D eigenvalue weighted by Crippen LogP contribution is -2.28. The first-order chi connectivity index (χ1) is 9.39. The smallest absolute Gasteiger partial charge is 0.313 e. The minimum absolute atomic E-state index is 0.801. The van der Waals surface area contributed by atoms with Crippen LogP contribution in [0.15, 0.2) is 48.5 Å². The third kappa shape index (κ3) is 3.08. The van der Waals surface area contributed by atoms with Crippen LogP contribution >= 0.6 is 0 Å². The van der Waals surface area contributed by atoms with E-state index < -0.39 is 11.4 Å². The Labute approximate surface area is 120 Å². The molecule has 0 amide bonds. The monoisotopic (exact) mass is 268 g/mol. The Morgan fingerprint density at radius 2 is 1.65 bits per heavy atom. The van der Waals surface area contributed by atoms with Gasteiger partial charge in [-0.15, -0.1) is 0 Å². The molecule has 0 unspecified atom stereocenters. The van der Waals surface area contributed by atoms with E-state index in [2.05, 4.69) is 31.2 Å². The Balaban J connectivity index is 2.29. The maximum absolute atomic E-state index is 11.3. The van der Waals surface area contributed by atoms with Crippen molar-refractivity contribution in [2.45, 2.75) is 32.6 Å². The molecule has 0 aromatic heterocycles. The van der Waals surface area contributed by atoms with Crippen molar-refractivity contribution in [2.24, 2.45) is 0 Å². The fourth-order valence-electron chi connectivity index (χ4n) is 2.25. The SMILES string of the molecule is Cc1cccc(Cc2cccc(C(C)(C)C(=O)O)c2)c1. The van der Waals surface area contributed by atoms with E-state index in [4.69, 9.17) is 0 Å². The molecular weight excluding hydrogens is 248 g/mol. The van der Waals surface area contributed by atoms with E-state index in [-0.39, 0.29) is 0 Å². The van der Waals surface area contributed by atoms with Crippen molar-refractivity contribution in [3.05, 3.63) is 70.8 Å². The Morgan fingerprint density at radius 1 is 1.05 bits per heavy atom. The van der Waals surface area contributed by atoms with Crippen molar-refractivity contribution in [1.82, 2.24) is 0 Å². The summed E-state index contributed by atoms with van der Waals surface area (Å²) in [6, 6.07) is 16.2. The minimum atomic E-state index is -0.859. The molecule has 2 aromatic carbocycles. The van der Waals surface area contributed by atoms with Crippen LogP contribution in [0.25, 0.3) is 0 Å². The van der Waals surface area contributed by atoms with Crippen molar-refractivity contribution >= 4 is 5.97 Å². The number of hydrogen-bond donors (Lipinski definition) is 1. The van der Waals surface area contributed by atoms with Crippen molar-refractivity contribution in [1.29, 1.82) is 0 Å². The van der Waals surface area contributed by atoms with Gasteiger partial charge in [0.2, 0.25) is 0 Å². The highest BCUT2D eigenvalue weighted by Gasteiger charge is 2.29. The molecule has 0 bridgehead atoms. The van der Waals surface area contributed by atoms with Crippen LogP contribution in [0.4, 0.5) is 0 Å². The molecule has 0 radical (unpaired) electrons. The maximum Gasteiger partial charge on any atom is 0.313 e. The molecule has 0 spiro atoms. The van der Waals surface area contributed by atoms with Crippen molar-refractivity contribution < 1.29 is 9.90 Å². The molecule has 104 valence electrons. The third-order valence-electron chi connectivity index (χ3n) is 3.67. The van der Waals surface area contributed by atoms with Gasteiger partial charge in [-0.1, -0.05) is 54.1 Å². The van der Waals surface area contributed by atoms with E-state index in [0.717, 1.165) is 17.5 Å². The summed E-state index contributed by atoms with van der Waals surface area (Å²) < 4.78 is 0. The molecule has 2 aromatic rings. The molecule has 0 aliphatic carbocycles. The number of benzene rings is 2. The fourth-order valence-corrected chi connectivity index (χ4v) is 2.25. The number of aliphatic carboxylic acids is 1. The van der Waals surface area contributed by atoms with Gasteiger partial charge in [0.15, 0.2) is 0 Å². The first kappa shape index (κ1) is 14.3. The van der Waals surface area contributed by atoms with E-state index in [9.17, 15) is 9.90 Å². The van der Waals surface area contributed by atoms with E-state index in [1.807, 2.05) is 24.3 Å². The highest BCUT2D eigenvalue weighted by molar-refractivity contribution is 5.80. The molecule has 20 heavy (non-hydrogen) atoms. The van der Waals surface area contributed by atoms with Crippen molar-refractivity contribution in [2.75, 3.05) is 0 Å². The van der Waals surface area contributed by atoms with Gasteiger partial charge in [0.25, 0.3) is 0 Å². The van der Waals surface area contributed by atoms with Crippen molar-refractivity contribution in [3.8, 4) is 0 Å². The summed E-state index contributed by atoms with van der Waals surface area (Å²) in [6.45, 7) is 5.55. The number of carboxylic acids is 1. The maximum atomic E-state index is 11.3. The van der Waals surface area contributed by atoms with Gasteiger partial charge in [-0.25, -0.2) is 0 Å². The zero-order valence-electron chi connectivity index (χ0n) is 12.2. The zero-order valence-corrected chi connectivity index (χ0v) is 12.2. The first-order valence-electron chi connectivity index (χ1n) is 6.78. The zero-order chi connectivity index (χ0) is 14.8. The highest BCUT2D eigenvalue weighted by Crippen LogP contribution is 2.25. The standard InChI is InChI=1S/C18H20O2/c1-13-6-4-7-14(10-13)11-15-8-5-9-16(12-15)18(2,3)17(19)20/h4-10,12H,11H2,1-3H3,(H,19,20). The number of aryl methyl sites for hydroxylation is 1. The summed E-state index contributed by atoms with van der Waals surface area (Å²) in [5.41, 5.74) is 3.61. The van der Waals surface area contributed by atoms with Crippen LogP contribution in [0.3, 0.4) is 0 Å². The molecule has 2 nitrogen and oxygen atoms in total. The third-order valence-corrected chi connectivity index (χ3v) is 3.67. The summed E-state index contributed by atoms with van der Waals surface area (Å²) in [4.78, 5) is 11.3. The van der Waals surface area contributed by atoms with Crippen LogP contribution in [0.5, 0.6) is 0 Å². The number of carboxylic acid groups (broad SMARTS) is 1. The van der Waals surface area contributed by atoms with Gasteiger partial charge < -0.3 is 5.11 Å². The van der Waals surface area contributed by atoms with E-state index in [0.29, 0.717) is 0 Å². The number of rotatable bonds is 4. The Bertz CT molecular complexity index is 627. The second-order valence-corrected chi connectivity index (χ2v) is 5.80. The first-order valence-corrected chi connectivity index (χ1v) is 6.78. The molecule has 2 rings (SSSR count). The number of carbonyl (C=O) groups is 1.